The lowest BCUT2D eigenvalue weighted by Gasteiger charge is -2.13. The molecule has 0 bridgehead atoms. The van der Waals surface area contributed by atoms with Gasteiger partial charge in [0.1, 0.15) is 5.69 Å². The summed E-state index contributed by atoms with van der Waals surface area (Å²) in [6.07, 6.45) is 3.60. The first-order valence-electron chi connectivity index (χ1n) is 10.8. The molecule has 4 aromatic rings. The number of aromatic nitrogens is 3. The Morgan fingerprint density at radius 3 is 2.52 bits per heavy atom. The Hall–Kier alpha value is -3.65. The molecule has 1 amide bonds. The second-order valence-electron chi connectivity index (χ2n) is 7.90. The number of amides is 1. The van der Waals surface area contributed by atoms with E-state index in [1.165, 1.54) is 11.8 Å². The van der Waals surface area contributed by atoms with Gasteiger partial charge in [-0.2, -0.15) is 0 Å². The number of aromatic amines is 1. The van der Waals surface area contributed by atoms with Crippen molar-refractivity contribution in [2.24, 2.45) is 0 Å². The van der Waals surface area contributed by atoms with Gasteiger partial charge in [-0.05, 0) is 43.2 Å². The van der Waals surface area contributed by atoms with Crippen molar-refractivity contribution in [2.75, 3.05) is 18.8 Å². The number of hydrogen-bond donors (Lipinski definition) is 1. The van der Waals surface area contributed by atoms with Gasteiger partial charge in [0.15, 0.2) is 10.9 Å². The number of likely N-dealkylation sites (tertiary alicyclic amines) is 1. The van der Waals surface area contributed by atoms with Crippen LogP contribution in [0.25, 0.3) is 16.6 Å². The maximum absolute atomic E-state index is 13.2. The number of thioether (sulfide) groups is 1. The summed E-state index contributed by atoms with van der Waals surface area (Å²) in [6, 6.07) is 18.1. The van der Waals surface area contributed by atoms with Crippen molar-refractivity contribution >= 4 is 34.4 Å². The van der Waals surface area contributed by atoms with Gasteiger partial charge >= 0.3 is 0 Å². The van der Waals surface area contributed by atoms with Gasteiger partial charge in [0.25, 0.3) is 11.5 Å². The van der Waals surface area contributed by atoms with Crippen LogP contribution >= 0.6 is 11.8 Å². The van der Waals surface area contributed by atoms with Crippen molar-refractivity contribution < 1.29 is 9.59 Å². The lowest BCUT2D eigenvalue weighted by atomic mass is 10.2. The number of carbonyl (C=O) groups is 2. The van der Waals surface area contributed by atoms with E-state index in [4.69, 9.17) is 0 Å². The van der Waals surface area contributed by atoms with E-state index in [0.29, 0.717) is 33.0 Å². The summed E-state index contributed by atoms with van der Waals surface area (Å²) >= 11 is 1.21. The van der Waals surface area contributed by atoms with E-state index in [9.17, 15) is 14.4 Å². The van der Waals surface area contributed by atoms with Crippen LogP contribution in [0.3, 0.4) is 0 Å². The SMILES string of the molecule is O=C(CSc1nc2ccccc2c(=O)n1-c1ccccc1)c1c[nH]c(C(=O)N2CCCC2)c1. The summed E-state index contributed by atoms with van der Waals surface area (Å²) in [7, 11) is 0. The molecule has 1 aliphatic rings. The van der Waals surface area contributed by atoms with Gasteiger partial charge in [-0.25, -0.2) is 4.98 Å². The Morgan fingerprint density at radius 1 is 1.00 bits per heavy atom. The fraction of sp³-hybridized carbons (Fsp3) is 0.200. The molecule has 5 rings (SSSR count). The standard InChI is InChI=1S/C25H22N4O3S/c30-22(17-14-21(26-15-17)24(32)28-12-6-7-13-28)16-33-25-27-20-11-5-4-10-19(20)23(31)29(25)18-8-2-1-3-9-18/h1-5,8-11,14-15,26H,6-7,12-13,16H2. The van der Waals surface area contributed by atoms with Crippen molar-refractivity contribution in [1.29, 1.82) is 0 Å². The van der Waals surface area contributed by atoms with Crippen LogP contribution in [0, 0.1) is 0 Å². The number of hydrogen-bond acceptors (Lipinski definition) is 5. The molecule has 1 saturated heterocycles. The minimum Gasteiger partial charge on any atom is -0.356 e. The molecule has 1 aliphatic heterocycles. The maximum Gasteiger partial charge on any atom is 0.270 e. The molecule has 166 valence electrons. The van der Waals surface area contributed by atoms with Gasteiger partial charge in [-0.15, -0.1) is 0 Å². The highest BCUT2D eigenvalue weighted by molar-refractivity contribution is 7.99. The molecule has 2 aromatic carbocycles. The number of Topliss-reactive ketones (excluding diaryl/α,β-unsaturated/α-hetero) is 1. The van der Waals surface area contributed by atoms with Gasteiger partial charge in [0, 0.05) is 24.8 Å². The van der Waals surface area contributed by atoms with Crippen molar-refractivity contribution in [1.82, 2.24) is 19.4 Å². The second kappa shape index (κ2) is 9.07. The third-order valence-electron chi connectivity index (χ3n) is 5.72. The van der Waals surface area contributed by atoms with Gasteiger partial charge in [-0.3, -0.25) is 19.0 Å². The Bertz CT molecular complexity index is 1390. The lowest BCUT2D eigenvalue weighted by Crippen LogP contribution is -2.27. The number of nitrogens with zero attached hydrogens (tertiary/aromatic N) is 3. The molecular formula is C25H22N4O3S. The molecule has 1 N–H and O–H groups in total. The van der Waals surface area contributed by atoms with Crippen LogP contribution in [0.5, 0.6) is 0 Å². The van der Waals surface area contributed by atoms with Crippen molar-refractivity contribution in [3.05, 3.63) is 88.5 Å². The highest BCUT2D eigenvalue weighted by Gasteiger charge is 2.22. The molecule has 2 aromatic heterocycles. The number of nitrogens with one attached hydrogen (secondary N) is 1. The number of ketones is 1. The molecule has 3 heterocycles. The smallest absolute Gasteiger partial charge is 0.270 e. The zero-order valence-corrected chi connectivity index (χ0v) is 18.7. The van der Waals surface area contributed by atoms with E-state index in [2.05, 4.69) is 9.97 Å². The molecule has 0 saturated carbocycles. The fourth-order valence-electron chi connectivity index (χ4n) is 4.00. The predicted octanol–water partition coefficient (Wildman–Crippen LogP) is 3.92. The Labute approximate surface area is 194 Å². The predicted molar refractivity (Wildman–Crippen MR) is 128 cm³/mol. The van der Waals surface area contributed by atoms with Gasteiger partial charge < -0.3 is 9.88 Å². The Kier molecular flexibility index (Phi) is 5.83. The van der Waals surface area contributed by atoms with E-state index >= 15 is 0 Å². The third kappa shape index (κ3) is 4.21. The largest absolute Gasteiger partial charge is 0.356 e. The highest BCUT2D eigenvalue weighted by Crippen LogP contribution is 2.23. The monoisotopic (exact) mass is 458 g/mol. The van der Waals surface area contributed by atoms with Crippen molar-refractivity contribution in [2.45, 2.75) is 18.0 Å². The molecule has 0 unspecified atom stereocenters. The second-order valence-corrected chi connectivity index (χ2v) is 8.84. The molecule has 0 radical (unpaired) electrons. The number of para-hydroxylation sites is 2. The van der Waals surface area contributed by atoms with Crippen LogP contribution in [0.15, 0.2) is 76.8 Å². The van der Waals surface area contributed by atoms with Crippen LogP contribution in [0.4, 0.5) is 0 Å². The average Bonchev–Trinajstić information content (AvgIpc) is 3.56. The molecule has 33 heavy (non-hydrogen) atoms. The quantitative estimate of drug-likeness (QED) is 0.269. The number of carbonyl (C=O) groups excluding carboxylic acids is 2. The van der Waals surface area contributed by atoms with Crippen LogP contribution in [-0.4, -0.2) is 50.0 Å². The van der Waals surface area contributed by atoms with E-state index < -0.39 is 0 Å². The van der Waals surface area contributed by atoms with Crippen LogP contribution in [0.1, 0.15) is 33.7 Å². The van der Waals surface area contributed by atoms with Gasteiger partial charge in [-0.1, -0.05) is 42.1 Å². The Balaban J connectivity index is 1.41. The van der Waals surface area contributed by atoms with Crippen LogP contribution in [0.2, 0.25) is 0 Å². The third-order valence-corrected chi connectivity index (χ3v) is 6.66. The first-order chi connectivity index (χ1) is 16.1. The fourth-order valence-corrected chi connectivity index (χ4v) is 4.90. The summed E-state index contributed by atoms with van der Waals surface area (Å²) in [5, 5.41) is 0.967. The first kappa shape index (κ1) is 21.2. The van der Waals surface area contributed by atoms with E-state index in [0.717, 1.165) is 25.9 Å². The topological polar surface area (TPSA) is 88.1 Å². The highest BCUT2D eigenvalue weighted by atomic mass is 32.2. The molecular weight excluding hydrogens is 436 g/mol. The molecule has 0 spiro atoms. The zero-order valence-electron chi connectivity index (χ0n) is 17.9. The van der Waals surface area contributed by atoms with Crippen LogP contribution in [-0.2, 0) is 0 Å². The molecule has 7 nitrogen and oxygen atoms in total. The first-order valence-corrected chi connectivity index (χ1v) is 11.8. The molecule has 1 fully saturated rings. The number of benzene rings is 2. The summed E-state index contributed by atoms with van der Waals surface area (Å²) in [4.78, 5) is 48.1. The molecule has 8 heteroatoms. The van der Waals surface area contributed by atoms with Crippen molar-refractivity contribution in [3.63, 3.8) is 0 Å². The molecule has 0 atom stereocenters. The number of rotatable bonds is 6. The van der Waals surface area contributed by atoms with E-state index in [1.54, 1.807) is 33.9 Å². The zero-order chi connectivity index (χ0) is 22.8. The van der Waals surface area contributed by atoms with Crippen LogP contribution < -0.4 is 5.56 Å². The summed E-state index contributed by atoms with van der Waals surface area (Å²) < 4.78 is 1.54. The minimum atomic E-state index is -0.179. The van der Waals surface area contributed by atoms with Gasteiger partial charge in [0.05, 0.1) is 22.3 Å². The maximum atomic E-state index is 13.2. The lowest BCUT2D eigenvalue weighted by molar-refractivity contribution is 0.0787. The normalized spacial score (nSPS) is 13.5. The summed E-state index contributed by atoms with van der Waals surface area (Å²) in [5.74, 6) is -0.126. The average molecular weight is 459 g/mol. The molecule has 0 aliphatic carbocycles. The Morgan fingerprint density at radius 2 is 1.73 bits per heavy atom. The van der Waals surface area contributed by atoms with E-state index in [1.807, 2.05) is 42.5 Å². The van der Waals surface area contributed by atoms with Gasteiger partial charge in [0.2, 0.25) is 0 Å². The minimum absolute atomic E-state index is 0.0756. The van der Waals surface area contributed by atoms with Crippen molar-refractivity contribution in [3.8, 4) is 5.69 Å². The number of H-pyrrole nitrogens is 1. The number of fused-ring (bicyclic) bond motifs is 1. The summed E-state index contributed by atoms with van der Waals surface area (Å²) in [5.41, 5.74) is 1.97. The van der Waals surface area contributed by atoms with E-state index in [-0.39, 0.29) is 23.0 Å². The summed E-state index contributed by atoms with van der Waals surface area (Å²) in [6.45, 7) is 1.50.